The van der Waals surface area contributed by atoms with Crippen LogP contribution in [-0.2, 0) is 0 Å². The molecule has 6 heteroatoms. The Hall–Kier alpha value is -1.63. The van der Waals surface area contributed by atoms with Gasteiger partial charge in [0.05, 0.1) is 24.3 Å². The molecule has 1 aromatic rings. The third-order valence-corrected chi connectivity index (χ3v) is 5.82. The first kappa shape index (κ1) is 27.4. The highest BCUT2D eigenvalue weighted by Gasteiger charge is 2.27. The standard InChI is InChI=1S/C25H43NO5/c1-2-3-4-5-6-7-8-9-10-11-12-13-18-23(29)24(30)21(19-27)26-25(31)20-16-14-15-17-22(20)28/h14-17,21,23-24,27-30H,2-13,18-19H2,1H3,(H,26,31)/t21-,23+,24+/m0/s1. The second kappa shape index (κ2) is 17.0. The van der Waals surface area contributed by atoms with Gasteiger partial charge in [0.15, 0.2) is 0 Å². The first-order valence-corrected chi connectivity index (χ1v) is 12.1. The molecule has 0 aromatic heterocycles. The summed E-state index contributed by atoms with van der Waals surface area (Å²) in [6.45, 7) is 1.73. The van der Waals surface area contributed by atoms with Crippen LogP contribution < -0.4 is 5.32 Å². The van der Waals surface area contributed by atoms with E-state index in [1.807, 2.05) is 0 Å². The van der Waals surface area contributed by atoms with E-state index in [-0.39, 0.29) is 11.3 Å². The molecule has 6 nitrogen and oxygen atoms in total. The number of unbranched alkanes of at least 4 members (excludes halogenated alkanes) is 11. The molecule has 178 valence electrons. The number of phenols is 1. The lowest BCUT2D eigenvalue weighted by Gasteiger charge is -2.26. The molecule has 1 amide bonds. The molecule has 0 saturated heterocycles. The molecule has 1 rings (SSSR count). The Morgan fingerprint density at radius 1 is 0.871 bits per heavy atom. The van der Waals surface area contributed by atoms with Gasteiger partial charge in [0.25, 0.3) is 5.91 Å². The Balaban J connectivity index is 2.17. The average molecular weight is 438 g/mol. The summed E-state index contributed by atoms with van der Waals surface area (Å²) >= 11 is 0. The number of phenolic OH excluding ortho intramolecular Hbond substituents is 1. The second-order valence-corrected chi connectivity index (χ2v) is 8.52. The predicted molar refractivity (Wildman–Crippen MR) is 124 cm³/mol. The number of amides is 1. The number of hydrogen-bond donors (Lipinski definition) is 5. The van der Waals surface area contributed by atoms with Crippen LogP contribution in [0.15, 0.2) is 24.3 Å². The van der Waals surface area contributed by atoms with Crippen molar-refractivity contribution >= 4 is 5.91 Å². The lowest BCUT2D eigenvalue weighted by Crippen LogP contribution is -2.50. The van der Waals surface area contributed by atoms with Gasteiger partial charge >= 0.3 is 0 Å². The number of hydrogen-bond acceptors (Lipinski definition) is 5. The van der Waals surface area contributed by atoms with Crippen molar-refractivity contribution in [3.63, 3.8) is 0 Å². The fourth-order valence-electron chi connectivity index (χ4n) is 3.78. The molecule has 0 radical (unpaired) electrons. The van der Waals surface area contributed by atoms with E-state index in [1.54, 1.807) is 12.1 Å². The summed E-state index contributed by atoms with van der Waals surface area (Å²) < 4.78 is 0. The third kappa shape index (κ3) is 11.5. The predicted octanol–water partition coefficient (Wildman–Crippen LogP) is 4.30. The number of aromatic hydroxyl groups is 1. The summed E-state index contributed by atoms with van der Waals surface area (Å²) in [4.78, 5) is 12.3. The maximum absolute atomic E-state index is 12.3. The first-order chi connectivity index (χ1) is 15.0. The van der Waals surface area contributed by atoms with Crippen LogP contribution in [0.2, 0.25) is 0 Å². The zero-order valence-corrected chi connectivity index (χ0v) is 19.1. The van der Waals surface area contributed by atoms with Crippen LogP contribution in [0, 0.1) is 0 Å². The summed E-state index contributed by atoms with van der Waals surface area (Å²) in [7, 11) is 0. The van der Waals surface area contributed by atoms with Gasteiger partial charge in [-0.05, 0) is 18.6 Å². The summed E-state index contributed by atoms with van der Waals surface area (Å²) in [5, 5.41) is 42.4. The third-order valence-electron chi connectivity index (χ3n) is 5.82. The van der Waals surface area contributed by atoms with E-state index in [9.17, 15) is 25.2 Å². The number of carbonyl (C=O) groups is 1. The minimum Gasteiger partial charge on any atom is -0.507 e. The van der Waals surface area contributed by atoms with Gasteiger partial charge in [-0.15, -0.1) is 0 Å². The average Bonchev–Trinajstić information content (AvgIpc) is 2.77. The van der Waals surface area contributed by atoms with Crippen molar-refractivity contribution in [1.82, 2.24) is 5.32 Å². The van der Waals surface area contributed by atoms with Crippen LogP contribution >= 0.6 is 0 Å². The van der Waals surface area contributed by atoms with Crippen molar-refractivity contribution in [2.75, 3.05) is 6.61 Å². The fourth-order valence-corrected chi connectivity index (χ4v) is 3.78. The van der Waals surface area contributed by atoms with Crippen molar-refractivity contribution in [2.45, 2.75) is 109 Å². The molecule has 31 heavy (non-hydrogen) atoms. The molecule has 0 saturated carbocycles. The minimum absolute atomic E-state index is 0.0589. The molecule has 0 heterocycles. The quantitative estimate of drug-likeness (QED) is 0.220. The monoisotopic (exact) mass is 437 g/mol. The van der Waals surface area contributed by atoms with E-state index in [1.165, 1.54) is 69.9 Å². The van der Waals surface area contributed by atoms with E-state index in [4.69, 9.17) is 0 Å². The minimum atomic E-state index is -1.27. The van der Waals surface area contributed by atoms with E-state index in [0.717, 1.165) is 19.3 Å². The summed E-state index contributed by atoms with van der Waals surface area (Å²) in [6, 6.07) is 5.06. The van der Waals surface area contributed by atoms with Gasteiger partial charge in [0.1, 0.15) is 11.9 Å². The molecular weight excluding hydrogens is 394 g/mol. The largest absolute Gasteiger partial charge is 0.507 e. The summed E-state index contributed by atoms with van der Waals surface area (Å²) in [6.07, 6.45) is 12.8. The molecule has 0 aliphatic heterocycles. The van der Waals surface area contributed by atoms with Gasteiger partial charge in [-0.3, -0.25) is 4.79 Å². The zero-order chi connectivity index (χ0) is 22.9. The number of nitrogens with one attached hydrogen (secondary N) is 1. The highest BCUT2D eigenvalue weighted by atomic mass is 16.3. The Morgan fingerprint density at radius 3 is 1.90 bits per heavy atom. The van der Waals surface area contributed by atoms with Crippen LogP contribution in [-0.4, -0.2) is 51.2 Å². The van der Waals surface area contributed by atoms with E-state index < -0.39 is 30.8 Å². The summed E-state index contributed by atoms with van der Waals surface area (Å²) in [5.74, 6) is -0.781. The molecule has 5 N–H and O–H groups in total. The van der Waals surface area contributed by atoms with Crippen molar-refractivity contribution in [1.29, 1.82) is 0 Å². The molecule has 0 aliphatic carbocycles. The van der Waals surface area contributed by atoms with Crippen molar-refractivity contribution in [3.05, 3.63) is 29.8 Å². The maximum Gasteiger partial charge on any atom is 0.255 e. The van der Waals surface area contributed by atoms with Gasteiger partial charge in [-0.1, -0.05) is 96.1 Å². The molecule has 1 aromatic carbocycles. The molecule has 0 bridgehead atoms. The number of rotatable bonds is 18. The molecule has 0 spiro atoms. The lowest BCUT2D eigenvalue weighted by atomic mass is 9.99. The molecule has 0 aliphatic rings. The van der Waals surface area contributed by atoms with Crippen molar-refractivity contribution in [2.24, 2.45) is 0 Å². The van der Waals surface area contributed by atoms with Crippen LogP contribution in [0.5, 0.6) is 5.75 Å². The molecular formula is C25H43NO5. The smallest absolute Gasteiger partial charge is 0.255 e. The molecule has 0 unspecified atom stereocenters. The maximum atomic E-state index is 12.3. The number of carbonyl (C=O) groups excluding carboxylic acids is 1. The van der Waals surface area contributed by atoms with E-state index >= 15 is 0 Å². The lowest BCUT2D eigenvalue weighted by molar-refractivity contribution is -0.0197. The number of para-hydroxylation sites is 1. The number of aliphatic hydroxyl groups is 3. The van der Waals surface area contributed by atoms with Gasteiger partial charge < -0.3 is 25.7 Å². The van der Waals surface area contributed by atoms with Crippen LogP contribution in [0.4, 0.5) is 0 Å². The van der Waals surface area contributed by atoms with Gasteiger partial charge in [0.2, 0.25) is 0 Å². The van der Waals surface area contributed by atoms with Crippen LogP contribution in [0.3, 0.4) is 0 Å². The summed E-state index contributed by atoms with van der Waals surface area (Å²) in [5.41, 5.74) is 0.0589. The van der Waals surface area contributed by atoms with E-state index in [2.05, 4.69) is 12.2 Å². The highest BCUT2D eigenvalue weighted by molar-refractivity contribution is 5.96. The Labute approximate surface area is 187 Å². The van der Waals surface area contributed by atoms with Crippen molar-refractivity contribution < 1.29 is 25.2 Å². The first-order valence-electron chi connectivity index (χ1n) is 12.1. The number of benzene rings is 1. The highest BCUT2D eigenvalue weighted by Crippen LogP contribution is 2.17. The second-order valence-electron chi connectivity index (χ2n) is 8.52. The Bertz CT molecular complexity index is 595. The number of aliphatic hydroxyl groups excluding tert-OH is 3. The SMILES string of the molecule is CCCCCCCCCCCCCC[C@@H](O)[C@H](O)[C@H](CO)NC(=O)c1ccccc1O. The van der Waals surface area contributed by atoms with Crippen molar-refractivity contribution in [3.8, 4) is 5.75 Å². The zero-order valence-electron chi connectivity index (χ0n) is 19.1. The normalized spacial score (nSPS) is 14.2. The van der Waals surface area contributed by atoms with Crippen LogP contribution in [0.1, 0.15) is 101 Å². The van der Waals surface area contributed by atoms with Gasteiger partial charge in [0, 0.05) is 0 Å². The van der Waals surface area contributed by atoms with Crippen LogP contribution in [0.25, 0.3) is 0 Å². The molecule has 0 fully saturated rings. The molecule has 3 atom stereocenters. The topological polar surface area (TPSA) is 110 Å². The Morgan fingerprint density at radius 2 is 1.39 bits per heavy atom. The van der Waals surface area contributed by atoms with Gasteiger partial charge in [-0.25, -0.2) is 0 Å². The van der Waals surface area contributed by atoms with Gasteiger partial charge in [-0.2, -0.15) is 0 Å². The van der Waals surface area contributed by atoms with E-state index in [0.29, 0.717) is 6.42 Å². The fraction of sp³-hybridized carbons (Fsp3) is 0.720. The Kier molecular flexibility index (Phi) is 15.0.